The Kier molecular flexibility index (Phi) is 5.20. The topological polar surface area (TPSA) is 40.6 Å². The first-order chi connectivity index (χ1) is 8.70. The van der Waals surface area contributed by atoms with Crippen molar-refractivity contribution in [1.82, 2.24) is 9.80 Å². The third-order valence-corrected chi connectivity index (χ3v) is 3.21. The maximum atomic E-state index is 12.5. The number of amides is 2. The van der Waals surface area contributed by atoms with E-state index >= 15 is 0 Å². The van der Waals surface area contributed by atoms with Gasteiger partial charge in [0.2, 0.25) is 11.8 Å². The third kappa shape index (κ3) is 5.08. The molecule has 0 heterocycles. The van der Waals surface area contributed by atoms with Gasteiger partial charge in [-0.2, -0.15) is 13.2 Å². The van der Waals surface area contributed by atoms with E-state index in [9.17, 15) is 22.8 Å². The summed E-state index contributed by atoms with van der Waals surface area (Å²) >= 11 is 0. The molecule has 0 aromatic rings. The van der Waals surface area contributed by atoms with E-state index in [1.54, 1.807) is 0 Å². The number of hydrogen-bond acceptors (Lipinski definition) is 2. The number of hydrogen-bond donors (Lipinski definition) is 0. The number of carbonyl (C=O) groups excluding carboxylic acids is 2. The lowest BCUT2D eigenvalue weighted by atomic mass is 10.1. The van der Waals surface area contributed by atoms with E-state index in [0.29, 0.717) is 17.7 Å². The molecule has 1 fully saturated rings. The SMILES string of the molecule is CN(C)C(=O)CN(CC(F)(F)F)C(=O)C1CCCC1. The monoisotopic (exact) mass is 280 g/mol. The van der Waals surface area contributed by atoms with E-state index in [0.717, 1.165) is 12.8 Å². The van der Waals surface area contributed by atoms with Gasteiger partial charge in [0.05, 0.1) is 0 Å². The Morgan fingerprint density at radius 3 is 2.11 bits per heavy atom. The molecule has 0 N–H and O–H groups in total. The maximum absolute atomic E-state index is 12.5. The lowest BCUT2D eigenvalue weighted by Gasteiger charge is -2.27. The third-order valence-electron chi connectivity index (χ3n) is 3.21. The van der Waals surface area contributed by atoms with Crippen molar-refractivity contribution in [2.75, 3.05) is 27.2 Å². The van der Waals surface area contributed by atoms with Gasteiger partial charge in [-0.15, -0.1) is 0 Å². The summed E-state index contributed by atoms with van der Waals surface area (Å²) in [5, 5.41) is 0. The molecule has 0 bridgehead atoms. The fourth-order valence-corrected chi connectivity index (χ4v) is 2.16. The molecule has 0 radical (unpaired) electrons. The second kappa shape index (κ2) is 6.25. The highest BCUT2D eigenvalue weighted by molar-refractivity contribution is 5.85. The number of rotatable bonds is 4. The molecule has 19 heavy (non-hydrogen) atoms. The second-order valence-corrected chi connectivity index (χ2v) is 5.08. The molecule has 0 saturated heterocycles. The van der Waals surface area contributed by atoms with Crippen molar-refractivity contribution in [3.63, 3.8) is 0 Å². The first kappa shape index (κ1) is 15.8. The molecule has 1 saturated carbocycles. The first-order valence-electron chi connectivity index (χ1n) is 6.26. The van der Waals surface area contributed by atoms with Crippen LogP contribution in [-0.4, -0.2) is 55.0 Å². The molecule has 0 aromatic heterocycles. The van der Waals surface area contributed by atoms with Crippen LogP contribution in [0.4, 0.5) is 13.2 Å². The van der Waals surface area contributed by atoms with Crippen LogP contribution in [0.5, 0.6) is 0 Å². The van der Waals surface area contributed by atoms with Crippen molar-refractivity contribution in [2.45, 2.75) is 31.9 Å². The lowest BCUT2D eigenvalue weighted by Crippen LogP contribution is -2.46. The van der Waals surface area contributed by atoms with Crippen molar-refractivity contribution in [2.24, 2.45) is 5.92 Å². The summed E-state index contributed by atoms with van der Waals surface area (Å²) in [7, 11) is 2.91. The summed E-state index contributed by atoms with van der Waals surface area (Å²) < 4.78 is 37.5. The van der Waals surface area contributed by atoms with Crippen LogP contribution in [0, 0.1) is 5.92 Å². The Bertz CT molecular complexity index is 336. The summed E-state index contributed by atoms with van der Waals surface area (Å²) in [6.07, 6.45) is -1.54. The molecule has 1 aliphatic carbocycles. The Morgan fingerprint density at radius 1 is 1.16 bits per heavy atom. The highest BCUT2D eigenvalue weighted by Crippen LogP contribution is 2.28. The molecule has 0 atom stereocenters. The van der Waals surface area contributed by atoms with Gasteiger partial charge in [0.25, 0.3) is 0 Å². The number of carbonyl (C=O) groups is 2. The average Bonchev–Trinajstić information content (AvgIpc) is 2.78. The molecule has 1 aliphatic rings. The van der Waals surface area contributed by atoms with Crippen LogP contribution >= 0.6 is 0 Å². The van der Waals surface area contributed by atoms with E-state index in [2.05, 4.69) is 0 Å². The predicted octanol–water partition coefficient (Wildman–Crippen LogP) is 1.66. The van der Waals surface area contributed by atoms with Gasteiger partial charge in [0.15, 0.2) is 0 Å². The van der Waals surface area contributed by atoms with Crippen LogP contribution in [-0.2, 0) is 9.59 Å². The van der Waals surface area contributed by atoms with Gasteiger partial charge < -0.3 is 9.80 Å². The summed E-state index contributed by atoms with van der Waals surface area (Å²) in [4.78, 5) is 25.4. The highest BCUT2D eigenvalue weighted by atomic mass is 19.4. The van der Waals surface area contributed by atoms with E-state index in [4.69, 9.17) is 0 Å². The molecule has 7 heteroatoms. The molecule has 110 valence electrons. The zero-order valence-corrected chi connectivity index (χ0v) is 11.2. The lowest BCUT2D eigenvalue weighted by molar-refractivity contribution is -0.166. The molecular weight excluding hydrogens is 261 g/mol. The van der Waals surface area contributed by atoms with Gasteiger partial charge in [-0.25, -0.2) is 0 Å². The summed E-state index contributed by atoms with van der Waals surface area (Å²) in [5.41, 5.74) is 0. The van der Waals surface area contributed by atoms with Gasteiger partial charge in [0.1, 0.15) is 13.1 Å². The number of nitrogens with zero attached hydrogens (tertiary/aromatic N) is 2. The van der Waals surface area contributed by atoms with Gasteiger partial charge in [0, 0.05) is 20.0 Å². The van der Waals surface area contributed by atoms with E-state index in [-0.39, 0.29) is 5.92 Å². The number of alkyl halides is 3. The molecule has 4 nitrogen and oxygen atoms in total. The summed E-state index contributed by atoms with van der Waals surface area (Å²) in [6.45, 7) is -1.87. The van der Waals surface area contributed by atoms with Crippen molar-refractivity contribution in [3.05, 3.63) is 0 Å². The van der Waals surface area contributed by atoms with Crippen LogP contribution in [0.2, 0.25) is 0 Å². The molecule has 1 rings (SSSR count). The molecule has 0 aromatic carbocycles. The van der Waals surface area contributed by atoms with Crippen LogP contribution < -0.4 is 0 Å². The van der Waals surface area contributed by atoms with E-state index in [1.807, 2.05) is 0 Å². The largest absolute Gasteiger partial charge is 0.406 e. The van der Waals surface area contributed by atoms with Crippen LogP contribution in [0.15, 0.2) is 0 Å². The smallest absolute Gasteiger partial charge is 0.347 e. The van der Waals surface area contributed by atoms with E-state index < -0.39 is 31.1 Å². The number of halogens is 3. The van der Waals surface area contributed by atoms with Crippen molar-refractivity contribution < 1.29 is 22.8 Å². The maximum Gasteiger partial charge on any atom is 0.406 e. The number of likely N-dealkylation sites (N-methyl/N-ethyl adjacent to an activating group) is 1. The summed E-state index contributed by atoms with van der Waals surface area (Å²) in [6, 6.07) is 0. The Morgan fingerprint density at radius 2 is 1.68 bits per heavy atom. The molecule has 2 amide bonds. The van der Waals surface area contributed by atoms with Crippen molar-refractivity contribution in [3.8, 4) is 0 Å². The first-order valence-corrected chi connectivity index (χ1v) is 6.26. The standard InChI is InChI=1S/C12H19F3N2O2/c1-16(2)10(18)7-17(8-12(13,14)15)11(19)9-5-3-4-6-9/h9H,3-8H2,1-2H3. The Hall–Kier alpha value is -1.27. The van der Waals surface area contributed by atoms with Crippen LogP contribution in [0.25, 0.3) is 0 Å². The van der Waals surface area contributed by atoms with Crippen LogP contribution in [0.3, 0.4) is 0 Å². The van der Waals surface area contributed by atoms with Gasteiger partial charge in [-0.1, -0.05) is 12.8 Å². The Labute approximate surface area is 110 Å². The van der Waals surface area contributed by atoms with Crippen molar-refractivity contribution in [1.29, 1.82) is 0 Å². The zero-order chi connectivity index (χ0) is 14.6. The van der Waals surface area contributed by atoms with Gasteiger partial charge in [-0.05, 0) is 12.8 Å². The zero-order valence-electron chi connectivity index (χ0n) is 11.2. The van der Waals surface area contributed by atoms with Crippen molar-refractivity contribution >= 4 is 11.8 Å². The molecule has 0 spiro atoms. The minimum Gasteiger partial charge on any atom is -0.347 e. The molecular formula is C12H19F3N2O2. The fourth-order valence-electron chi connectivity index (χ4n) is 2.16. The Balaban J connectivity index is 2.73. The normalized spacial score (nSPS) is 16.5. The quantitative estimate of drug-likeness (QED) is 0.785. The average molecular weight is 280 g/mol. The van der Waals surface area contributed by atoms with Crippen LogP contribution in [0.1, 0.15) is 25.7 Å². The predicted molar refractivity (Wildman–Crippen MR) is 63.3 cm³/mol. The summed E-state index contributed by atoms with van der Waals surface area (Å²) in [5.74, 6) is -1.42. The second-order valence-electron chi connectivity index (χ2n) is 5.08. The van der Waals surface area contributed by atoms with Gasteiger partial charge >= 0.3 is 6.18 Å². The highest BCUT2D eigenvalue weighted by Gasteiger charge is 2.37. The van der Waals surface area contributed by atoms with E-state index in [1.165, 1.54) is 19.0 Å². The van der Waals surface area contributed by atoms with Gasteiger partial charge in [-0.3, -0.25) is 9.59 Å². The fraction of sp³-hybridized carbons (Fsp3) is 0.833. The molecule has 0 aliphatic heterocycles. The minimum atomic E-state index is -4.49. The minimum absolute atomic E-state index is 0.364. The molecule has 0 unspecified atom stereocenters.